The highest BCUT2D eigenvalue weighted by atomic mass is 32.1. The van der Waals surface area contributed by atoms with E-state index in [4.69, 9.17) is 17.0 Å². The molecule has 1 N–H and O–H groups in total. The van der Waals surface area contributed by atoms with Gasteiger partial charge in [0.25, 0.3) is 0 Å². The highest BCUT2D eigenvalue weighted by Crippen LogP contribution is 2.42. The van der Waals surface area contributed by atoms with Crippen molar-refractivity contribution in [1.82, 2.24) is 19.8 Å². The number of ether oxygens (including phenoxy) is 1. The number of hydrogen-bond acceptors (Lipinski definition) is 3. The molecule has 2 atom stereocenters. The van der Waals surface area contributed by atoms with Crippen LogP contribution in [0.1, 0.15) is 66.5 Å². The molecule has 0 bridgehead atoms. The zero-order valence-corrected chi connectivity index (χ0v) is 17.8. The van der Waals surface area contributed by atoms with E-state index in [0.717, 1.165) is 17.4 Å². The van der Waals surface area contributed by atoms with Crippen LogP contribution in [0.5, 0.6) is 0 Å². The van der Waals surface area contributed by atoms with E-state index in [1.807, 2.05) is 18.3 Å². The van der Waals surface area contributed by atoms with Gasteiger partial charge in [-0.1, -0.05) is 18.9 Å². The van der Waals surface area contributed by atoms with E-state index >= 15 is 0 Å². The molecule has 1 saturated carbocycles. The maximum absolute atomic E-state index is 5.72. The normalized spacial score (nSPS) is 22.8. The Morgan fingerprint density at radius 2 is 2.04 bits per heavy atom. The first kappa shape index (κ1) is 19.4. The lowest BCUT2D eigenvalue weighted by Crippen LogP contribution is -2.32. The summed E-state index contributed by atoms with van der Waals surface area (Å²) in [5.74, 6) is 0. The Labute approximate surface area is 173 Å². The Morgan fingerprint density at radius 1 is 1.25 bits per heavy atom. The minimum atomic E-state index is 0.0445. The van der Waals surface area contributed by atoms with E-state index in [1.165, 1.54) is 42.6 Å². The van der Waals surface area contributed by atoms with Gasteiger partial charge < -0.3 is 19.5 Å². The maximum atomic E-state index is 5.72. The third-order valence-electron chi connectivity index (χ3n) is 6.27. The highest BCUT2D eigenvalue weighted by molar-refractivity contribution is 7.80. The van der Waals surface area contributed by atoms with Gasteiger partial charge in [-0.3, -0.25) is 4.98 Å². The number of aryl methyl sites for hydroxylation is 1. The lowest BCUT2D eigenvalue weighted by Gasteiger charge is -2.28. The number of rotatable bonds is 6. The van der Waals surface area contributed by atoms with Gasteiger partial charge in [-0.05, 0) is 62.7 Å². The number of methoxy groups -OCH3 is 1. The topological polar surface area (TPSA) is 42.3 Å². The van der Waals surface area contributed by atoms with Gasteiger partial charge in [0.2, 0.25) is 0 Å². The summed E-state index contributed by atoms with van der Waals surface area (Å²) in [7, 11) is 1.74. The Morgan fingerprint density at radius 3 is 2.71 bits per heavy atom. The van der Waals surface area contributed by atoms with Gasteiger partial charge >= 0.3 is 0 Å². The summed E-state index contributed by atoms with van der Waals surface area (Å²) in [6.45, 7) is 5.93. The van der Waals surface area contributed by atoms with E-state index < -0.39 is 0 Å². The van der Waals surface area contributed by atoms with E-state index in [2.05, 4.69) is 45.7 Å². The zero-order chi connectivity index (χ0) is 19.7. The Bertz CT molecular complexity index is 829. The molecule has 0 aromatic carbocycles. The quantitative estimate of drug-likeness (QED) is 0.738. The fraction of sp³-hybridized carbons (Fsp3) is 0.545. The molecule has 28 heavy (non-hydrogen) atoms. The Balaban J connectivity index is 1.76. The summed E-state index contributed by atoms with van der Waals surface area (Å²) in [5.41, 5.74) is 5.09. The second-order valence-electron chi connectivity index (χ2n) is 7.95. The minimum absolute atomic E-state index is 0.0445. The second-order valence-corrected chi connectivity index (χ2v) is 8.33. The number of aromatic nitrogens is 2. The van der Waals surface area contributed by atoms with Crippen LogP contribution in [0.15, 0.2) is 30.5 Å². The molecule has 5 nitrogen and oxygen atoms in total. The van der Waals surface area contributed by atoms with E-state index in [9.17, 15) is 0 Å². The Hall–Kier alpha value is -1.92. The summed E-state index contributed by atoms with van der Waals surface area (Å²) >= 11 is 5.72. The number of nitrogens with one attached hydrogen (secondary N) is 1. The van der Waals surface area contributed by atoms with Gasteiger partial charge in [0, 0.05) is 37.3 Å². The standard InChI is InChI=1S/C22H30N4OS/c1-15-14-18(16(2)26(15)17-8-4-5-9-17)21-20(19-10-6-7-11-23-19)24-22(28)25(21)12-13-27-3/h6-7,10-11,14,17,20-21H,4-5,8-9,12-13H2,1-3H3,(H,24,28). The molecule has 2 aromatic rings. The van der Waals surface area contributed by atoms with Crippen molar-refractivity contribution < 1.29 is 4.74 Å². The average molecular weight is 399 g/mol. The van der Waals surface area contributed by atoms with Crippen molar-refractivity contribution in [1.29, 1.82) is 0 Å². The molecule has 2 aliphatic rings. The zero-order valence-electron chi connectivity index (χ0n) is 17.0. The molecule has 3 heterocycles. The number of nitrogens with zero attached hydrogens (tertiary/aromatic N) is 3. The molecular formula is C22H30N4OS. The van der Waals surface area contributed by atoms with E-state index in [0.29, 0.717) is 12.6 Å². The molecular weight excluding hydrogens is 368 g/mol. The SMILES string of the molecule is COCCN1C(=S)NC(c2ccccn2)C1c1cc(C)n(C2CCCC2)c1C. The van der Waals surface area contributed by atoms with Crippen molar-refractivity contribution in [2.45, 2.75) is 57.7 Å². The maximum Gasteiger partial charge on any atom is 0.170 e. The van der Waals surface area contributed by atoms with Crippen molar-refractivity contribution in [2.24, 2.45) is 0 Å². The highest BCUT2D eigenvalue weighted by Gasteiger charge is 2.41. The molecule has 1 aliphatic carbocycles. The summed E-state index contributed by atoms with van der Waals surface area (Å²) in [5, 5.41) is 4.31. The molecule has 150 valence electrons. The lowest BCUT2D eigenvalue weighted by molar-refractivity contribution is 0.164. The summed E-state index contributed by atoms with van der Waals surface area (Å²) in [6, 6.07) is 9.26. The third-order valence-corrected chi connectivity index (χ3v) is 6.62. The largest absolute Gasteiger partial charge is 0.383 e. The summed E-state index contributed by atoms with van der Waals surface area (Å²) < 4.78 is 7.93. The molecule has 0 amide bonds. The van der Waals surface area contributed by atoms with E-state index in [-0.39, 0.29) is 12.1 Å². The number of hydrogen-bond donors (Lipinski definition) is 1. The van der Waals surface area contributed by atoms with Gasteiger partial charge in [-0.25, -0.2) is 0 Å². The van der Waals surface area contributed by atoms with Crippen molar-refractivity contribution >= 4 is 17.3 Å². The fourth-order valence-electron chi connectivity index (χ4n) is 5.00. The van der Waals surface area contributed by atoms with Gasteiger partial charge in [-0.15, -0.1) is 0 Å². The predicted molar refractivity (Wildman–Crippen MR) is 115 cm³/mol. The van der Waals surface area contributed by atoms with Crippen LogP contribution < -0.4 is 5.32 Å². The molecule has 4 rings (SSSR count). The molecule has 2 aromatic heterocycles. The van der Waals surface area contributed by atoms with Crippen LogP contribution in [0.25, 0.3) is 0 Å². The Kier molecular flexibility index (Phi) is 5.69. The van der Waals surface area contributed by atoms with Crippen LogP contribution in [-0.2, 0) is 4.74 Å². The van der Waals surface area contributed by atoms with Gasteiger partial charge in [0.1, 0.15) is 0 Å². The molecule has 0 spiro atoms. The van der Waals surface area contributed by atoms with Gasteiger partial charge in [0.05, 0.1) is 24.4 Å². The van der Waals surface area contributed by atoms with E-state index in [1.54, 1.807) is 7.11 Å². The van der Waals surface area contributed by atoms with Crippen molar-refractivity contribution in [2.75, 3.05) is 20.3 Å². The number of pyridine rings is 1. The van der Waals surface area contributed by atoms with Crippen molar-refractivity contribution in [3.8, 4) is 0 Å². The van der Waals surface area contributed by atoms with Crippen LogP contribution in [0.3, 0.4) is 0 Å². The monoisotopic (exact) mass is 398 g/mol. The molecule has 6 heteroatoms. The summed E-state index contributed by atoms with van der Waals surface area (Å²) in [6.07, 6.45) is 7.10. The van der Waals surface area contributed by atoms with Crippen LogP contribution >= 0.6 is 12.2 Å². The predicted octanol–water partition coefficient (Wildman–Crippen LogP) is 4.23. The van der Waals surface area contributed by atoms with Crippen LogP contribution in [-0.4, -0.2) is 39.8 Å². The lowest BCUT2D eigenvalue weighted by atomic mass is 9.96. The number of thiocarbonyl (C=S) groups is 1. The summed E-state index contributed by atoms with van der Waals surface area (Å²) in [4.78, 5) is 6.91. The minimum Gasteiger partial charge on any atom is -0.383 e. The molecule has 2 fully saturated rings. The van der Waals surface area contributed by atoms with Crippen molar-refractivity contribution in [3.05, 3.63) is 53.1 Å². The van der Waals surface area contributed by atoms with Gasteiger partial charge in [-0.2, -0.15) is 0 Å². The molecule has 0 radical (unpaired) electrons. The third kappa shape index (κ3) is 3.44. The molecule has 1 aliphatic heterocycles. The van der Waals surface area contributed by atoms with Gasteiger partial charge in [0.15, 0.2) is 5.11 Å². The molecule has 1 saturated heterocycles. The van der Waals surface area contributed by atoms with Crippen LogP contribution in [0, 0.1) is 13.8 Å². The van der Waals surface area contributed by atoms with Crippen LogP contribution in [0.2, 0.25) is 0 Å². The first-order valence-corrected chi connectivity index (χ1v) is 10.7. The average Bonchev–Trinajstić information content (AvgIpc) is 3.39. The first-order valence-electron chi connectivity index (χ1n) is 10.3. The van der Waals surface area contributed by atoms with Crippen LogP contribution in [0.4, 0.5) is 0 Å². The second kappa shape index (κ2) is 8.21. The first-order chi connectivity index (χ1) is 13.6. The molecule has 2 unspecified atom stereocenters. The fourth-order valence-corrected chi connectivity index (χ4v) is 5.33. The van der Waals surface area contributed by atoms with Crippen molar-refractivity contribution in [3.63, 3.8) is 0 Å². The smallest absolute Gasteiger partial charge is 0.170 e.